The number of halogens is 1. The van der Waals surface area contributed by atoms with Crippen molar-refractivity contribution in [3.05, 3.63) is 39.8 Å². The van der Waals surface area contributed by atoms with E-state index in [0.29, 0.717) is 5.56 Å². The quantitative estimate of drug-likeness (QED) is 0.644. The molecule has 0 aliphatic heterocycles. The molecule has 0 fully saturated rings. The number of nitrogens with zero attached hydrogens (tertiary/aromatic N) is 1. The number of carboxylic acids is 1. The van der Waals surface area contributed by atoms with E-state index in [0.717, 1.165) is 12.1 Å². The Balaban J connectivity index is 2.54. The number of aliphatic carboxylic acids is 1. The van der Waals surface area contributed by atoms with Gasteiger partial charge < -0.3 is 10.1 Å². The van der Waals surface area contributed by atoms with Crippen LogP contribution >= 0.6 is 0 Å². The first kappa shape index (κ1) is 12.0. The van der Waals surface area contributed by atoms with Gasteiger partial charge in [0.25, 0.3) is 5.69 Å². The van der Waals surface area contributed by atoms with Crippen molar-refractivity contribution in [2.45, 2.75) is 12.8 Å². The first-order chi connectivity index (χ1) is 8.50. The van der Waals surface area contributed by atoms with Crippen LogP contribution in [0.15, 0.2) is 18.3 Å². The van der Waals surface area contributed by atoms with Gasteiger partial charge in [0.2, 0.25) is 0 Å². The third-order valence-corrected chi connectivity index (χ3v) is 2.65. The molecule has 1 aromatic heterocycles. The normalized spacial score (nSPS) is 10.7. The van der Waals surface area contributed by atoms with E-state index >= 15 is 0 Å². The van der Waals surface area contributed by atoms with Crippen LogP contribution in [-0.4, -0.2) is 21.0 Å². The number of non-ortho nitro benzene ring substituents is 1. The summed E-state index contributed by atoms with van der Waals surface area (Å²) in [6.45, 7) is 0. The molecular formula is C11H9FN2O4. The number of rotatable bonds is 4. The van der Waals surface area contributed by atoms with E-state index in [2.05, 4.69) is 4.98 Å². The summed E-state index contributed by atoms with van der Waals surface area (Å²) < 4.78 is 13.7. The largest absolute Gasteiger partial charge is 0.481 e. The fourth-order valence-electron chi connectivity index (χ4n) is 1.85. The minimum atomic E-state index is -1.00. The lowest BCUT2D eigenvalue weighted by molar-refractivity contribution is -0.383. The monoisotopic (exact) mass is 252 g/mol. The molecule has 0 aliphatic carbocycles. The molecule has 0 spiro atoms. The molecule has 6 nitrogen and oxygen atoms in total. The summed E-state index contributed by atoms with van der Waals surface area (Å²) in [6.07, 6.45) is 1.37. The number of carbonyl (C=O) groups is 1. The number of fused-ring (bicyclic) bond motifs is 1. The lowest BCUT2D eigenvalue weighted by Gasteiger charge is -1.99. The molecule has 2 rings (SSSR count). The van der Waals surface area contributed by atoms with Crippen molar-refractivity contribution < 1.29 is 19.2 Å². The second-order valence-corrected chi connectivity index (χ2v) is 3.78. The molecule has 2 aromatic rings. The van der Waals surface area contributed by atoms with E-state index in [1.54, 1.807) is 0 Å². The maximum atomic E-state index is 13.7. The molecule has 1 aromatic carbocycles. The first-order valence-electron chi connectivity index (χ1n) is 5.15. The van der Waals surface area contributed by atoms with Crippen molar-refractivity contribution in [1.29, 1.82) is 0 Å². The highest BCUT2D eigenvalue weighted by Crippen LogP contribution is 2.30. The van der Waals surface area contributed by atoms with Crippen molar-refractivity contribution in [3.63, 3.8) is 0 Å². The minimum Gasteiger partial charge on any atom is -0.481 e. The molecular weight excluding hydrogens is 243 g/mol. The highest BCUT2D eigenvalue weighted by atomic mass is 19.1. The van der Waals surface area contributed by atoms with E-state index in [4.69, 9.17) is 5.11 Å². The Kier molecular flexibility index (Phi) is 2.97. The standard InChI is InChI=1S/C11H9FN2O4/c12-7-2-3-8(14(17)18)11-10(7)6(5-13-11)1-4-9(15)16/h2-3,5,13H,1,4H2,(H,15,16). The number of hydrogen-bond acceptors (Lipinski definition) is 3. The van der Waals surface area contributed by atoms with Gasteiger partial charge in [0, 0.05) is 24.1 Å². The summed E-state index contributed by atoms with van der Waals surface area (Å²) in [5.74, 6) is -1.60. The van der Waals surface area contributed by atoms with Crippen molar-refractivity contribution in [2.75, 3.05) is 0 Å². The Morgan fingerprint density at radius 2 is 2.22 bits per heavy atom. The summed E-state index contributed by atoms with van der Waals surface area (Å²) in [5.41, 5.74) is 0.280. The molecule has 2 N–H and O–H groups in total. The average molecular weight is 252 g/mol. The van der Waals surface area contributed by atoms with E-state index in [-0.39, 0.29) is 29.4 Å². The summed E-state index contributed by atoms with van der Waals surface area (Å²) >= 11 is 0. The van der Waals surface area contributed by atoms with Crippen LogP contribution in [0.1, 0.15) is 12.0 Å². The van der Waals surface area contributed by atoms with Crippen molar-refractivity contribution in [3.8, 4) is 0 Å². The summed E-state index contributed by atoms with van der Waals surface area (Å²) in [6, 6.07) is 2.09. The number of aryl methyl sites for hydroxylation is 1. The third kappa shape index (κ3) is 2.02. The van der Waals surface area contributed by atoms with Crippen LogP contribution in [0.3, 0.4) is 0 Å². The number of nitro benzene ring substituents is 1. The molecule has 18 heavy (non-hydrogen) atoms. The molecule has 0 radical (unpaired) electrons. The molecule has 0 saturated carbocycles. The number of benzene rings is 1. The molecule has 0 atom stereocenters. The second kappa shape index (κ2) is 4.44. The SMILES string of the molecule is O=C(O)CCc1c[nH]c2c([N+](=O)[O-])ccc(F)c12. The minimum absolute atomic E-state index is 0.0837. The molecule has 7 heteroatoms. The van der Waals surface area contributed by atoms with E-state index in [1.165, 1.54) is 6.20 Å². The van der Waals surface area contributed by atoms with Gasteiger partial charge in [-0.15, -0.1) is 0 Å². The number of nitro groups is 1. The molecule has 94 valence electrons. The van der Waals surface area contributed by atoms with Crippen molar-refractivity contribution in [2.24, 2.45) is 0 Å². The third-order valence-electron chi connectivity index (χ3n) is 2.65. The molecule has 0 unspecified atom stereocenters. The van der Waals surface area contributed by atoms with E-state index < -0.39 is 16.7 Å². The van der Waals surface area contributed by atoms with Crippen molar-refractivity contribution in [1.82, 2.24) is 4.98 Å². The Labute approximate surface area is 100 Å². The Hall–Kier alpha value is -2.44. The highest BCUT2D eigenvalue weighted by Gasteiger charge is 2.19. The summed E-state index contributed by atoms with van der Waals surface area (Å²) in [4.78, 5) is 23.3. The van der Waals surface area contributed by atoms with Crippen LogP contribution < -0.4 is 0 Å². The van der Waals surface area contributed by atoms with Crippen LogP contribution in [0, 0.1) is 15.9 Å². The Bertz CT molecular complexity index is 635. The molecule has 0 amide bonds. The maximum Gasteiger partial charge on any atom is 0.303 e. The van der Waals surface area contributed by atoms with Gasteiger partial charge in [0.15, 0.2) is 0 Å². The zero-order valence-corrected chi connectivity index (χ0v) is 9.14. The molecule has 0 saturated heterocycles. The molecule has 1 heterocycles. The zero-order valence-electron chi connectivity index (χ0n) is 9.14. The van der Waals surface area contributed by atoms with Crippen LogP contribution in [-0.2, 0) is 11.2 Å². The second-order valence-electron chi connectivity index (χ2n) is 3.78. The van der Waals surface area contributed by atoms with Gasteiger partial charge in [-0.25, -0.2) is 4.39 Å². The predicted molar refractivity (Wildman–Crippen MR) is 60.9 cm³/mol. The van der Waals surface area contributed by atoms with Gasteiger partial charge in [0.05, 0.1) is 4.92 Å². The van der Waals surface area contributed by atoms with Crippen molar-refractivity contribution >= 4 is 22.6 Å². The lowest BCUT2D eigenvalue weighted by Crippen LogP contribution is -1.97. The van der Waals surface area contributed by atoms with Gasteiger partial charge in [-0.1, -0.05) is 0 Å². The van der Waals surface area contributed by atoms with Gasteiger partial charge in [0.1, 0.15) is 11.3 Å². The van der Waals surface area contributed by atoms with Crippen LogP contribution in [0.5, 0.6) is 0 Å². The number of aromatic nitrogens is 1. The van der Waals surface area contributed by atoms with Gasteiger partial charge >= 0.3 is 5.97 Å². The summed E-state index contributed by atoms with van der Waals surface area (Å²) in [7, 11) is 0. The Morgan fingerprint density at radius 1 is 1.50 bits per heavy atom. The fraction of sp³-hybridized carbons (Fsp3) is 0.182. The van der Waals surface area contributed by atoms with Gasteiger partial charge in [-0.05, 0) is 18.1 Å². The van der Waals surface area contributed by atoms with Gasteiger partial charge in [-0.2, -0.15) is 0 Å². The number of hydrogen-bond donors (Lipinski definition) is 2. The zero-order chi connectivity index (χ0) is 13.3. The van der Waals surface area contributed by atoms with Gasteiger partial charge in [-0.3, -0.25) is 14.9 Å². The van der Waals surface area contributed by atoms with Crippen LogP contribution in [0.25, 0.3) is 10.9 Å². The van der Waals surface area contributed by atoms with Crippen LogP contribution in [0.4, 0.5) is 10.1 Å². The average Bonchev–Trinajstić information content (AvgIpc) is 2.71. The van der Waals surface area contributed by atoms with E-state index in [1.807, 2.05) is 0 Å². The van der Waals surface area contributed by atoms with E-state index in [9.17, 15) is 19.3 Å². The topological polar surface area (TPSA) is 96.2 Å². The number of aromatic amines is 1. The Morgan fingerprint density at radius 3 is 2.83 bits per heavy atom. The summed E-state index contributed by atoms with van der Waals surface area (Å²) in [5, 5.41) is 19.4. The maximum absolute atomic E-state index is 13.7. The fourth-order valence-corrected chi connectivity index (χ4v) is 1.85. The smallest absolute Gasteiger partial charge is 0.303 e. The molecule has 0 bridgehead atoms. The highest BCUT2D eigenvalue weighted by molar-refractivity contribution is 5.91. The number of nitrogens with one attached hydrogen (secondary N) is 1. The first-order valence-corrected chi connectivity index (χ1v) is 5.15. The molecule has 0 aliphatic rings. The number of carboxylic acid groups (broad SMARTS) is 1. The lowest BCUT2D eigenvalue weighted by atomic mass is 10.1. The van der Waals surface area contributed by atoms with Crippen LogP contribution in [0.2, 0.25) is 0 Å². The predicted octanol–water partition coefficient (Wildman–Crippen LogP) is 2.23. The number of H-pyrrole nitrogens is 1.